The van der Waals surface area contributed by atoms with Crippen molar-refractivity contribution >= 4 is 55.1 Å². The second-order valence-corrected chi connectivity index (χ2v) is 11.9. The molecule has 1 fully saturated rings. The van der Waals surface area contributed by atoms with E-state index in [0.717, 1.165) is 28.5 Å². The maximum atomic E-state index is 13.8. The number of aryl methyl sites for hydroxylation is 1. The van der Waals surface area contributed by atoms with Crippen LogP contribution in [0.1, 0.15) is 18.4 Å². The van der Waals surface area contributed by atoms with Gasteiger partial charge in [-0.25, -0.2) is 4.98 Å². The average molecular weight is 596 g/mol. The van der Waals surface area contributed by atoms with Gasteiger partial charge >= 0.3 is 0 Å². The Morgan fingerprint density at radius 2 is 1.90 bits per heavy atom. The van der Waals surface area contributed by atoms with Crippen molar-refractivity contribution in [2.75, 3.05) is 46.8 Å². The topological polar surface area (TPSA) is 100.0 Å². The molecule has 1 atom stereocenters. The molecule has 2 aromatic heterocycles. The molecule has 5 rings (SSSR count). The second-order valence-electron chi connectivity index (χ2n) is 9.93. The molecule has 0 spiro atoms. The van der Waals surface area contributed by atoms with Crippen LogP contribution < -0.4 is 15.0 Å². The van der Waals surface area contributed by atoms with Crippen molar-refractivity contribution in [3.63, 3.8) is 0 Å². The van der Waals surface area contributed by atoms with Crippen LogP contribution in [-0.2, 0) is 27.3 Å². The van der Waals surface area contributed by atoms with Gasteiger partial charge < -0.3 is 19.1 Å². The smallest absolute Gasteiger partial charge is 0.272 e. The number of thioether (sulfide) groups is 1. The van der Waals surface area contributed by atoms with Crippen molar-refractivity contribution in [3.8, 4) is 11.5 Å². The van der Waals surface area contributed by atoms with Crippen LogP contribution in [-0.4, -0.2) is 72.9 Å². The van der Waals surface area contributed by atoms with Crippen molar-refractivity contribution in [2.24, 2.45) is 5.92 Å². The molecule has 1 saturated heterocycles. The number of hydrogen-bond donors (Lipinski definition) is 0. The van der Waals surface area contributed by atoms with Gasteiger partial charge in [0.25, 0.3) is 5.56 Å². The molecular formula is C30H33N3O6S2. The number of Topliss-reactive ketones (excluding diaryl/α,β-unsaturated/α-hetero) is 1. The molecule has 9 nitrogen and oxygen atoms in total. The van der Waals surface area contributed by atoms with Crippen LogP contribution in [0.3, 0.4) is 0 Å². The zero-order chi connectivity index (χ0) is 28.9. The predicted molar refractivity (Wildman–Crippen MR) is 162 cm³/mol. The highest BCUT2D eigenvalue weighted by molar-refractivity contribution is 7.99. The first-order chi connectivity index (χ1) is 19.9. The Bertz CT molecular complexity index is 1630. The summed E-state index contributed by atoms with van der Waals surface area (Å²) in [5, 5.41) is 1.43. The highest BCUT2D eigenvalue weighted by Crippen LogP contribution is 2.32. The highest BCUT2D eigenvalue weighted by Gasteiger charge is 2.28. The third-order valence-electron chi connectivity index (χ3n) is 7.36. The van der Waals surface area contributed by atoms with Gasteiger partial charge in [0.2, 0.25) is 5.91 Å². The first-order valence-corrected chi connectivity index (χ1v) is 15.3. The van der Waals surface area contributed by atoms with E-state index < -0.39 is 0 Å². The first kappa shape index (κ1) is 29.1. The van der Waals surface area contributed by atoms with Gasteiger partial charge in [-0.3, -0.25) is 19.0 Å². The lowest BCUT2D eigenvalue weighted by atomic mass is 9.94. The Morgan fingerprint density at radius 1 is 1.10 bits per heavy atom. The van der Waals surface area contributed by atoms with Crippen molar-refractivity contribution in [1.29, 1.82) is 0 Å². The number of carbonyl (C=O) groups is 2. The molecule has 1 unspecified atom stereocenters. The van der Waals surface area contributed by atoms with Crippen LogP contribution in [0.5, 0.6) is 11.5 Å². The number of thiophene rings is 1. The van der Waals surface area contributed by atoms with Gasteiger partial charge in [0.05, 0.1) is 25.5 Å². The number of benzene rings is 2. The fourth-order valence-corrected chi connectivity index (χ4v) is 7.19. The number of ether oxygens (including phenoxy) is 3. The summed E-state index contributed by atoms with van der Waals surface area (Å²) in [7, 11) is 4.69. The molecule has 41 heavy (non-hydrogen) atoms. The summed E-state index contributed by atoms with van der Waals surface area (Å²) in [5.41, 5.74) is 1.53. The molecular weight excluding hydrogens is 562 g/mol. The summed E-state index contributed by atoms with van der Waals surface area (Å²) in [5.74, 6) is 1.14. The van der Waals surface area contributed by atoms with Crippen molar-refractivity contribution in [1.82, 2.24) is 14.5 Å². The molecule has 1 amide bonds. The quantitative estimate of drug-likeness (QED) is 0.186. The lowest BCUT2D eigenvalue weighted by Gasteiger charge is -2.32. The molecule has 0 saturated carbocycles. The van der Waals surface area contributed by atoms with Crippen LogP contribution in [0, 0.1) is 5.92 Å². The summed E-state index contributed by atoms with van der Waals surface area (Å²) in [6.45, 7) is 1.46. The van der Waals surface area contributed by atoms with Crippen LogP contribution >= 0.6 is 23.1 Å². The minimum atomic E-state index is -0.205. The molecule has 0 radical (unpaired) electrons. The Balaban J connectivity index is 1.41. The molecule has 1 aliphatic heterocycles. The van der Waals surface area contributed by atoms with E-state index in [1.807, 2.05) is 42.5 Å². The van der Waals surface area contributed by atoms with E-state index >= 15 is 0 Å². The van der Waals surface area contributed by atoms with Crippen molar-refractivity contribution in [2.45, 2.75) is 31.0 Å². The monoisotopic (exact) mass is 595 g/mol. The normalized spacial score (nSPS) is 15.4. The van der Waals surface area contributed by atoms with Gasteiger partial charge in [-0.1, -0.05) is 36.0 Å². The third kappa shape index (κ3) is 6.27. The molecule has 0 N–H and O–H groups in total. The molecule has 11 heteroatoms. The second kappa shape index (κ2) is 13.1. The summed E-state index contributed by atoms with van der Waals surface area (Å²) in [6.07, 6.45) is 2.10. The Kier molecular flexibility index (Phi) is 9.26. The maximum absolute atomic E-state index is 13.8. The van der Waals surface area contributed by atoms with Gasteiger partial charge in [-0.05, 0) is 43.0 Å². The number of aromatic nitrogens is 2. The minimum absolute atomic E-state index is 0.0260. The lowest BCUT2D eigenvalue weighted by Crippen LogP contribution is -2.43. The summed E-state index contributed by atoms with van der Waals surface area (Å²) < 4.78 is 19.1. The Hall–Kier alpha value is -3.41. The average Bonchev–Trinajstić information content (AvgIpc) is 3.38. The number of amides is 1. The Morgan fingerprint density at radius 3 is 2.68 bits per heavy atom. The standard InChI is InChI=1S/C30H33N3O6S2/c1-37-17-22(34)20-7-6-13-32(16-20)26(35)18-40-30-31-27-21-8-4-5-9-25(21)41-28(27)29(36)33(30)14-12-19-10-11-23(38-2)24(15-19)39-3/h4-5,8-11,15,20H,6-7,12-14,16-18H2,1-3H3. The fraction of sp³-hybridized carbons (Fsp3) is 0.400. The van der Waals surface area contributed by atoms with E-state index in [2.05, 4.69) is 0 Å². The molecule has 4 aromatic rings. The van der Waals surface area contributed by atoms with Crippen LogP contribution in [0.4, 0.5) is 0 Å². The number of likely N-dealkylation sites (tertiary alicyclic amines) is 1. The number of methoxy groups -OCH3 is 3. The number of piperidine rings is 1. The maximum Gasteiger partial charge on any atom is 0.272 e. The fourth-order valence-electron chi connectivity index (χ4n) is 5.18. The van der Waals surface area contributed by atoms with E-state index in [4.69, 9.17) is 19.2 Å². The molecule has 216 valence electrons. The molecule has 1 aliphatic rings. The summed E-state index contributed by atoms with van der Waals surface area (Å²) in [6, 6.07) is 13.6. The number of ketones is 1. The predicted octanol–water partition coefficient (Wildman–Crippen LogP) is 4.42. The van der Waals surface area contributed by atoms with E-state index in [-0.39, 0.29) is 35.5 Å². The molecule has 2 aromatic carbocycles. The van der Waals surface area contributed by atoms with Gasteiger partial charge in [0.15, 0.2) is 22.4 Å². The summed E-state index contributed by atoms with van der Waals surface area (Å²) >= 11 is 2.71. The van der Waals surface area contributed by atoms with Gasteiger partial charge in [-0.2, -0.15) is 0 Å². The van der Waals surface area contributed by atoms with E-state index in [1.165, 1.54) is 30.2 Å². The SMILES string of the molecule is COCC(=O)C1CCCN(C(=O)CSc2nc3c(sc4ccccc43)c(=O)n2CCc2ccc(OC)c(OC)c2)C1. The van der Waals surface area contributed by atoms with Gasteiger partial charge in [0.1, 0.15) is 11.3 Å². The number of nitrogens with zero attached hydrogens (tertiary/aromatic N) is 3. The highest BCUT2D eigenvalue weighted by atomic mass is 32.2. The largest absolute Gasteiger partial charge is 0.493 e. The molecule has 0 bridgehead atoms. The van der Waals surface area contributed by atoms with Crippen molar-refractivity contribution in [3.05, 3.63) is 58.4 Å². The minimum Gasteiger partial charge on any atom is -0.493 e. The van der Waals surface area contributed by atoms with E-state index in [9.17, 15) is 14.4 Å². The number of carbonyl (C=O) groups excluding carboxylic acids is 2. The lowest BCUT2D eigenvalue weighted by molar-refractivity contribution is -0.134. The van der Waals surface area contributed by atoms with Crippen LogP contribution in [0.25, 0.3) is 20.3 Å². The number of hydrogen-bond acceptors (Lipinski definition) is 9. The Labute approximate surface area is 246 Å². The van der Waals surface area contributed by atoms with Gasteiger partial charge in [0, 0.05) is 42.7 Å². The zero-order valence-electron chi connectivity index (χ0n) is 23.4. The molecule has 3 heterocycles. The summed E-state index contributed by atoms with van der Waals surface area (Å²) in [4.78, 5) is 46.1. The number of rotatable bonds is 11. The van der Waals surface area contributed by atoms with Gasteiger partial charge in [-0.15, -0.1) is 11.3 Å². The van der Waals surface area contributed by atoms with Crippen molar-refractivity contribution < 1.29 is 23.8 Å². The molecule has 0 aliphatic carbocycles. The van der Waals surface area contributed by atoms with Crippen LogP contribution in [0.15, 0.2) is 52.4 Å². The third-order valence-corrected chi connectivity index (χ3v) is 9.47. The van der Waals surface area contributed by atoms with E-state index in [0.29, 0.717) is 52.9 Å². The first-order valence-electron chi connectivity index (χ1n) is 13.5. The van der Waals surface area contributed by atoms with E-state index in [1.54, 1.807) is 23.7 Å². The zero-order valence-corrected chi connectivity index (χ0v) is 25.0. The van der Waals surface area contributed by atoms with Crippen LogP contribution in [0.2, 0.25) is 0 Å². The number of fused-ring (bicyclic) bond motifs is 3.